The van der Waals surface area contributed by atoms with Crippen LogP contribution < -0.4 is 10.9 Å². The molecular weight excluding hydrogens is 164 g/mol. The molecule has 0 bridgehead atoms. The standard InChI is InChI=1S/C10H14N2O/c13-10-3-1-2-9(12-10)8-4-6-11-7-5-8/h1-3,8,11H,4-7H2,(H,12,13). The summed E-state index contributed by atoms with van der Waals surface area (Å²) in [5.74, 6) is 0.537. The molecule has 0 aromatic carbocycles. The summed E-state index contributed by atoms with van der Waals surface area (Å²) in [6.07, 6.45) is 2.25. The molecule has 0 saturated carbocycles. The molecule has 1 aliphatic heterocycles. The molecule has 0 atom stereocenters. The van der Waals surface area contributed by atoms with E-state index in [1.54, 1.807) is 6.07 Å². The third-order valence-electron chi connectivity index (χ3n) is 2.57. The van der Waals surface area contributed by atoms with E-state index in [0.29, 0.717) is 5.92 Å². The van der Waals surface area contributed by atoms with Gasteiger partial charge in [-0.15, -0.1) is 0 Å². The van der Waals surface area contributed by atoms with E-state index in [9.17, 15) is 4.79 Å². The van der Waals surface area contributed by atoms with Crippen LogP contribution in [0.3, 0.4) is 0 Å². The molecule has 3 nitrogen and oxygen atoms in total. The zero-order valence-corrected chi connectivity index (χ0v) is 7.55. The van der Waals surface area contributed by atoms with E-state index < -0.39 is 0 Å². The van der Waals surface area contributed by atoms with Crippen LogP contribution in [-0.4, -0.2) is 18.1 Å². The van der Waals surface area contributed by atoms with Gasteiger partial charge in [0, 0.05) is 17.7 Å². The van der Waals surface area contributed by atoms with Gasteiger partial charge in [0.15, 0.2) is 0 Å². The molecule has 13 heavy (non-hydrogen) atoms. The van der Waals surface area contributed by atoms with Gasteiger partial charge in [-0.25, -0.2) is 0 Å². The van der Waals surface area contributed by atoms with Crippen LogP contribution in [0.25, 0.3) is 0 Å². The maximum atomic E-state index is 11.1. The van der Waals surface area contributed by atoms with Crippen LogP contribution in [-0.2, 0) is 0 Å². The monoisotopic (exact) mass is 178 g/mol. The van der Waals surface area contributed by atoms with Gasteiger partial charge in [0.1, 0.15) is 0 Å². The number of rotatable bonds is 1. The van der Waals surface area contributed by atoms with Crippen LogP contribution in [0.15, 0.2) is 23.0 Å². The summed E-state index contributed by atoms with van der Waals surface area (Å²) < 4.78 is 0. The van der Waals surface area contributed by atoms with E-state index >= 15 is 0 Å². The van der Waals surface area contributed by atoms with Crippen LogP contribution >= 0.6 is 0 Å². The lowest BCUT2D eigenvalue weighted by Crippen LogP contribution is -2.27. The first-order valence-corrected chi connectivity index (χ1v) is 4.76. The van der Waals surface area contributed by atoms with Gasteiger partial charge in [0.05, 0.1) is 0 Å². The van der Waals surface area contributed by atoms with Crippen molar-refractivity contribution in [2.75, 3.05) is 13.1 Å². The van der Waals surface area contributed by atoms with Crippen molar-refractivity contribution in [3.05, 3.63) is 34.2 Å². The maximum Gasteiger partial charge on any atom is 0.248 e. The Balaban J connectivity index is 2.19. The highest BCUT2D eigenvalue weighted by Gasteiger charge is 2.15. The number of aromatic amines is 1. The van der Waals surface area contributed by atoms with Gasteiger partial charge in [-0.2, -0.15) is 0 Å². The molecule has 2 N–H and O–H groups in total. The number of hydrogen-bond acceptors (Lipinski definition) is 2. The minimum Gasteiger partial charge on any atom is -0.326 e. The lowest BCUT2D eigenvalue weighted by Gasteiger charge is -2.22. The van der Waals surface area contributed by atoms with E-state index in [4.69, 9.17) is 0 Å². The predicted octanol–water partition coefficient (Wildman–Crippen LogP) is 0.842. The van der Waals surface area contributed by atoms with E-state index in [1.807, 2.05) is 12.1 Å². The molecule has 1 aromatic rings. The Bertz CT molecular complexity index is 326. The smallest absolute Gasteiger partial charge is 0.248 e. The summed E-state index contributed by atoms with van der Waals surface area (Å²) in [4.78, 5) is 14.0. The molecular formula is C10H14N2O. The zero-order valence-electron chi connectivity index (χ0n) is 7.55. The van der Waals surface area contributed by atoms with E-state index in [0.717, 1.165) is 31.6 Å². The Morgan fingerprint density at radius 1 is 1.23 bits per heavy atom. The van der Waals surface area contributed by atoms with Gasteiger partial charge < -0.3 is 10.3 Å². The largest absolute Gasteiger partial charge is 0.326 e. The molecule has 1 saturated heterocycles. The van der Waals surface area contributed by atoms with Gasteiger partial charge in [0.25, 0.3) is 0 Å². The SMILES string of the molecule is O=c1cccc(C2CCNCC2)[nH]1. The van der Waals surface area contributed by atoms with Gasteiger partial charge in [-0.1, -0.05) is 6.07 Å². The predicted molar refractivity (Wildman–Crippen MR) is 51.9 cm³/mol. The van der Waals surface area contributed by atoms with E-state index in [2.05, 4.69) is 10.3 Å². The average Bonchev–Trinajstić information content (AvgIpc) is 2.19. The first kappa shape index (κ1) is 8.51. The Labute approximate surface area is 77.2 Å². The number of piperidine rings is 1. The van der Waals surface area contributed by atoms with Crippen molar-refractivity contribution in [2.45, 2.75) is 18.8 Å². The minimum absolute atomic E-state index is 0.0102. The van der Waals surface area contributed by atoms with Gasteiger partial charge in [0.2, 0.25) is 5.56 Å². The summed E-state index contributed by atoms with van der Waals surface area (Å²) >= 11 is 0. The summed E-state index contributed by atoms with van der Waals surface area (Å²) in [6, 6.07) is 5.40. The van der Waals surface area contributed by atoms with Crippen molar-refractivity contribution in [2.24, 2.45) is 0 Å². The molecule has 3 heteroatoms. The Morgan fingerprint density at radius 2 is 2.00 bits per heavy atom. The fourth-order valence-electron chi connectivity index (χ4n) is 1.84. The molecule has 0 spiro atoms. The first-order chi connectivity index (χ1) is 6.36. The molecule has 0 aliphatic carbocycles. The van der Waals surface area contributed by atoms with Crippen LogP contribution in [0.1, 0.15) is 24.5 Å². The fraction of sp³-hybridized carbons (Fsp3) is 0.500. The quantitative estimate of drug-likeness (QED) is 0.669. The van der Waals surface area contributed by atoms with E-state index in [1.165, 1.54) is 0 Å². The average molecular weight is 178 g/mol. The topological polar surface area (TPSA) is 44.9 Å². The van der Waals surface area contributed by atoms with E-state index in [-0.39, 0.29) is 5.56 Å². The number of nitrogens with one attached hydrogen (secondary N) is 2. The third-order valence-corrected chi connectivity index (χ3v) is 2.57. The third kappa shape index (κ3) is 1.98. The molecule has 2 rings (SSSR count). The molecule has 1 aromatic heterocycles. The second-order valence-electron chi connectivity index (χ2n) is 3.49. The number of aromatic nitrogens is 1. The van der Waals surface area contributed by atoms with Crippen molar-refractivity contribution in [3.8, 4) is 0 Å². The Morgan fingerprint density at radius 3 is 2.69 bits per heavy atom. The fourth-order valence-corrected chi connectivity index (χ4v) is 1.84. The highest BCUT2D eigenvalue weighted by atomic mass is 16.1. The van der Waals surface area contributed by atoms with Crippen LogP contribution in [0, 0.1) is 0 Å². The summed E-state index contributed by atoms with van der Waals surface area (Å²) in [5, 5.41) is 3.31. The zero-order chi connectivity index (χ0) is 9.10. The molecule has 0 unspecified atom stereocenters. The number of H-pyrrole nitrogens is 1. The number of hydrogen-bond donors (Lipinski definition) is 2. The van der Waals surface area contributed by atoms with Crippen molar-refractivity contribution >= 4 is 0 Å². The molecule has 0 amide bonds. The molecule has 1 aliphatic rings. The normalized spacial score (nSPS) is 18.8. The van der Waals surface area contributed by atoms with Crippen LogP contribution in [0.4, 0.5) is 0 Å². The molecule has 0 radical (unpaired) electrons. The van der Waals surface area contributed by atoms with Crippen molar-refractivity contribution in [1.29, 1.82) is 0 Å². The molecule has 2 heterocycles. The van der Waals surface area contributed by atoms with Crippen LogP contribution in [0.2, 0.25) is 0 Å². The second-order valence-corrected chi connectivity index (χ2v) is 3.49. The lowest BCUT2D eigenvalue weighted by molar-refractivity contribution is 0.453. The molecule has 70 valence electrons. The number of pyridine rings is 1. The summed E-state index contributed by atoms with van der Waals surface area (Å²) in [7, 11) is 0. The highest BCUT2D eigenvalue weighted by molar-refractivity contribution is 5.10. The summed E-state index contributed by atoms with van der Waals surface area (Å²) in [5.41, 5.74) is 1.10. The lowest BCUT2D eigenvalue weighted by atomic mass is 9.94. The van der Waals surface area contributed by atoms with Crippen molar-refractivity contribution < 1.29 is 0 Å². The minimum atomic E-state index is 0.0102. The maximum absolute atomic E-state index is 11.1. The van der Waals surface area contributed by atoms with Gasteiger partial charge in [-0.3, -0.25) is 4.79 Å². The van der Waals surface area contributed by atoms with Gasteiger partial charge >= 0.3 is 0 Å². The summed E-state index contributed by atoms with van der Waals surface area (Å²) in [6.45, 7) is 2.11. The van der Waals surface area contributed by atoms with Crippen molar-refractivity contribution in [1.82, 2.24) is 10.3 Å². The Hall–Kier alpha value is -1.09. The highest BCUT2D eigenvalue weighted by Crippen LogP contribution is 2.21. The van der Waals surface area contributed by atoms with Crippen molar-refractivity contribution in [3.63, 3.8) is 0 Å². The second kappa shape index (κ2) is 3.75. The Kier molecular flexibility index (Phi) is 2.45. The molecule has 1 fully saturated rings. The van der Waals surface area contributed by atoms with Crippen LogP contribution in [0.5, 0.6) is 0 Å². The first-order valence-electron chi connectivity index (χ1n) is 4.76. The van der Waals surface area contributed by atoms with Gasteiger partial charge in [-0.05, 0) is 32.0 Å².